The molecule has 7 heteroatoms. The van der Waals surface area contributed by atoms with Gasteiger partial charge < -0.3 is 0 Å². The number of hydrogen-bond donors (Lipinski definition) is 3. The van der Waals surface area contributed by atoms with Gasteiger partial charge >= 0.3 is 58.2 Å². The van der Waals surface area contributed by atoms with Crippen LogP contribution < -0.4 is 0 Å². The summed E-state index contributed by atoms with van der Waals surface area (Å²) in [7, 11) is 0. The summed E-state index contributed by atoms with van der Waals surface area (Å²) in [4.78, 5) is 24.3. The van der Waals surface area contributed by atoms with E-state index >= 15 is 0 Å². The third-order valence-electron chi connectivity index (χ3n) is 1.44. The van der Waals surface area contributed by atoms with Crippen molar-refractivity contribution in [2.75, 3.05) is 0 Å². The molecular weight excluding hydrogens is 259 g/mol. The molecule has 0 heterocycles. The zero-order valence-electron chi connectivity index (χ0n) is 8.38. The molecule has 6 nitrogen and oxygen atoms in total. The summed E-state index contributed by atoms with van der Waals surface area (Å²) < 4.78 is 0. The average molecular weight is 270 g/mol. The van der Waals surface area contributed by atoms with Gasteiger partial charge in [0.2, 0.25) is 0 Å². The van der Waals surface area contributed by atoms with Crippen LogP contribution in [0, 0.1) is 0 Å². The first-order chi connectivity index (χ1) is 7.36. The molecule has 0 unspecified atom stereocenters. The fourth-order valence-corrected chi connectivity index (χ4v) is 1.41. The predicted molar refractivity (Wildman–Crippen MR) is 51.6 cm³/mol. The Morgan fingerprint density at radius 3 is 1.62 bits per heavy atom. The van der Waals surface area contributed by atoms with E-state index in [0.717, 1.165) is 0 Å². The van der Waals surface area contributed by atoms with E-state index in [9.17, 15) is 14.4 Å². The van der Waals surface area contributed by atoms with Gasteiger partial charge in [-0.25, -0.2) is 0 Å². The summed E-state index contributed by atoms with van der Waals surface area (Å²) in [5, 5.41) is 24.0. The van der Waals surface area contributed by atoms with Crippen LogP contribution >= 0.6 is 0 Å². The van der Waals surface area contributed by atoms with Crippen LogP contribution in [0.25, 0.3) is 0 Å². The Hall–Kier alpha value is -1.59. The van der Waals surface area contributed by atoms with E-state index < -0.39 is 28.5 Å². The van der Waals surface area contributed by atoms with Gasteiger partial charge in [0, 0.05) is 0 Å². The van der Waals surface area contributed by atoms with Crippen molar-refractivity contribution < 1.29 is 43.6 Å². The maximum absolute atomic E-state index is 9.87. The molecule has 0 saturated carbocycles. The second kappa shape index (κ2) is 6.81. The zero-order chi connectivity index (χ0) is 12.7. The SMILES string of the molecule is CC1=CC=CC1.O=[C](O)[Mn]([C](=O)O)[C](=O)O. The van der Waals surface area contributed by atoms with Gasteiger partial charge in [0.25, 0.3) is 0 Å². The molecule has 0 radical (unpaired) electrons. The van der Waals surface area contributed by atoms with Gasteiger partial charge in [0.05, 0.1) is 0 Å². The molecular formula is C9H11MnO6. The van der Waals surface area contributed by atoms with E-state index in [-0.39, 0.29) is 0 Å². The van der Waals surface area contributed by atoms with E-state index in [1.807, 2.05) is 0 Å². The molecule has 0 fully saturated rings. The van der Waals surface area contributed by atoms with E-state index in [4.69, 9.17) is 15.3 Å². The first-order valence-electron chi connectivity index (χ1n) is 4.07. The van der Waals surface area contributed by atoms with Gasteiger partial charge in [0.15, 0.2) is 0 Å². The zero-order valence-corrected chi connectivity index (χ0v) is 9.56. The van der Waals surface area contributed by atoms with E-state index in [1.165, 1.54) is 12.0 Å². The van der Waals surface area contributed by atoms with Crippen LogP contribution in [-0.2, 0) is 13.9 Å². The fraction of sp³-hybridized carbons (Fsp3) is 0.222. The molecule has 0 atom stereocenters. The Morgan fingerprint density at radius 2 is 1.56 bits per heavy atom. The summed E-state index contributed by atoms with van der Waals surface area (Å²) >= 11 is -3.37. The molecule has 0 spiro atoms. The van der Waals surface area contributed by atoms with Crippen molar-refractivity contribution in [3.05, 3.63) is 23.8 Å². The van der Waals surface area contributed by atoms with Gasteiger partial charge in [-0.1, -0.05) is 23.8 Å². The summed E-state index contributed by atoms with van der Waals surface area (Å²) in [6.07, 6.45) is 7.56. The quantitative estimate of drug-likeness (QED) is 0.679. The molecule has 0 aromatic carbocycles. The maximum atomic E-state index is 9.87. The molecule has 0 aliphatic heterocycles. The topological polar surface area (TPSA) is 112 Å². The summed E-state index contributed by atoms with van der Waals surface area (Å²) in [6, 6.07) is 0. The minimum atomic E-state index is -3.37. The molecule has 1 rings (SSSR count). The Balaban J connectivity index is 0.000000315. The van der Waals surface area contributed by atoms with Gasteiger partial charge in [-0.05, 0) is 13.3 Å². The first-order valence-corrected chi connectivity index (χ1v) is 5.84. The van der Waals surface area contributed by atoms with E-state index in [1.54, 1.807) is 0 Å². The molecule has 0 amide bonds. The molecule has 90 valence electrons. The molecule has 16 heavy (non-hydrogen) atoms. The first kappa shape index (κ1) is 14.4. The van der Waals surface area contributed by atoms with Crippen LogP contribution in [-0.4, -0.2) is 29.9 Å². The predicted octanol–water partition coefficient (Wildman–Crippen LogP) is 2.53. The average Bonchev–Trinajstić information content (AvgIpc) is 2.54. The van der Waals surface area contributed by atoms with Crippen molar-refractivity contribution in [2.24, 2.45) is 0 Å². The van der Waals surface area contributed by atoms with Crippen LogP contribution in [0.4, 0.5) is 14.4 Å². The number of hydrogen-bond acceptors (Lipinski definition) is 3. The van der Waals surface area contributed by atoms with Crippen molar-refractivity contribution in [1.29, 1.82) is 0 Å². The number of carbonyl (C=O) groups is 3. The second-order valence-corrected chi connectivity index (χ2v) is 5.09. The molecule has 0 saturated heterocycles. The number of rotatable bonds is 3. The van der Waals surface area contributed by atoms with Gasteiger partial charge in [-0.15, -0.1) is 0 Å². The van der Waals surface area contributed by atoms with Crippen molar-refractivity contribution >= 4 is 14.6 Å². The Bertz CT molecular complexity index is 324. The van der Waals surface area contributed by atoms with Crippen molar-refractivity contribution in [2.45, 2.75) is 13.3 Å². The molecule has 1 aliphatic rings. The molecule has 0 aromatic rings. The Labute approximate surface area is 95.8 Å². The van der Waals surface area contributed by atoms with Crippen LogP contribution in [0.15, 0.2) is 23.8 Å². The van der Waals surface area contributed by atoms with Crippen LogP contribution in [0.1, 0.15) is 13.3 Å². The third-order valence-corrected chi connectivity index (χ3v) is 2.96. The number of allylic oxidation sites excluding steroid dienone is 4. The van der Waals surface area contributed by atoms with Crippen molar-refractivity contribution in [3.63, 3.8) is 0 Å². The van der Waals surface area contributed by atoms with Gasteiger partial charge in [-0.3, -0.25) is 0 Å². The van der Waals surface area contributed by atoms with E-state index in [2.05, 4.69) is 25.2 Å². The van der Waals surface area contributed by atoms with Crippen LogP contribution in [0.2, 0.25) is 0 Å². The number of carboxylic acid groups (broad SMARTS) is 3. The Morgan fingerprint density at radius 1 is 1.12 bits per heavy atom. The molecule has 0 bridgehead atoms. The van der Waals surface area contributed by atoms with Crippen molar-refractivity contribution in [1.82, 2.24) is 0 Å². The third kappa shape index (κ3) is 5.33. The Kier molecular flexibility index (Phi) is 6.14. The summed E-state index contributed by atoms with van der Waals surface area (Å²) in [5.74, 6) is 0. The van der Waals surface area contributed by atoms with Gasteiger partial charge in [-0.2, -0.15) is 0 Å². The van der Waals surface area contributed by atoms with E-state index in [0.29, 0.717) is 0 Å². The fourth-order valence-electron chi connectivity index (χ4n) is 0.762. The van der Waals surface area contributed by atoms with Gasteiger partial charge in [0.1, 0.15) is 0 Å². The molecule has 3 N–H and O–H groups in total. The normalized spacial score (nSPS) is 13.3. The minimum absolute atomic E-state index is 1.17. The van der Waals surface area contributed by atoms with Crippen molar-refractivity contribution in [3.8, 4) is 0 Å². The molecule has 0 aromatic heterocycles. The summed E-state index contributed by atoms with van der Waals surface area (Å²) in [5.41, 5.74) is 1.47. The van der Waals surface area contributed by atoms with Crippen LogP contribution in [0.3, 0.4) is 0 Å². The van der Waals surface area contributed by atoms with Crippen LogP contribution in [0.5, 0.6) is 0 Å². The summed E-state index contributed by atoms with van der Waals surface area (Å²) in [6.45, 7) is 2.14. The molecule has 1 aliphatic carbocycles. The second-order valence-electron chi connectivity index (χ2n) is 2.69. The monoisotopic (exact) mass is 270 g/mol. The standard InChI is InChI=1S/C6H8.3CHO2.Mn/c1-6-4-2-3-5-6;3*2-1-3;/h2-4H,5H2,1H3;3*(H,2,3);.